The Morgan fingerprint density at radius 2 is 1.90 bits per heavy atom. The molecule has 0 saturated carbocycles. The first kappa shape index (κ1) is 17.7. The number of amides is 1. The number of nitrogens with one attached hydrogen (secondary N) is 1. The van der Waals surface area contributed by atoms with Gasteiger partial charge in [-0.15, -0.1) is 0 Å². The molecule has 0 aliphatic heterocycles. The zero-order valence-electron chi connectivity index (χ0n) is 12.2. The molecule has 1 atom stereocenters. The van der Waals surface area contributed by atoms with Gasteiger partial charge in [-0.1, -0.05) is 43.8 Å². The molecule has 0 radical (unpaired) electrons. The fourth-order valence-electron chi connectivity index (χ4n) is 1.50. The summed E-state index contributed by atoms with van der Waals surface area (Å²) >= 11 is 1.12. The van der Waals surface area contributed by atoms with Crippen LogP contribution in [-0.4, -0.2) is 40.5 Å². The lowest BCUT2D eigenvalue weighted by molar-refractivity contribution is -0.137. The maximum atomic E-state index is 11.7. The normalized spacial score (nSPS) is 12.8. The first-order valence-electron chi connectivity index (χ1n) is 6.69. The molecule has 0 unspecified atom stereocenters. The van der Waals surface area contributed by atoms with Crippen molar-refractivity contribution in [1.82, 2.24) is 5.32 Å². The minimum absolute atomic E-state index is 0.0580. The molecule has 1 rings (SSSR count). The number of carbonyl (C=O) groups is 2. The number of thioether (sulfide) groups is 1. The van der Waals surface area contributed by atoms with E-state index in [1.165, 1.54) is 0 Å². The van der Waals surface area contributed by atoms with E-state index in [-0.39, 0.29) is 24.7 Å². The topological polar surface area (TPSA) is 86.6 Å². The van der Waals surface area contributed by atoms with Crippen molar-refractivity contribution in [3.05, 3.63) is 30.3 Å². The number of aliphatic hydroxyl groups is 2. The minimum Gasteiger partial charge on any atom is -0.396 e. The zero-order chi connectivity index (χ0) is 15.9. The molecule has 5 nitrogen and oxygen atoms in total. The Morgan fingerprint density at radius 3 is 2.48 bits per heavy atom. The van der Waals surface area contributed by atoms with Crippen LogP contribution in [0.15, 0.2) is 35.2 Å². The molecule has 6 heteroatoms. The average Bonchev–Trinajstić information content (AvgIpc) is 2.47. The van der Waals surface area contributed by atoms with Gasteiger partial charge in [0.15, 0.2) is 5.12 Å². The highest BCUT2D eigenvalue weighted by Gasteiger charge is 2.32. The number of hydrogen-bond donors (Lipinski definition) is 3. The highest BCUT2D eigenvalue weighted by atomic mass is 32.2. The lowest BCUT2D eigenvalue weighted by Gasteiger charge is -2.27. The van der Waals surface area contributed by atoms with Gasteiger partial charge in [0.2, 0.25) is 5.91 Å². The first-order valence-corrected chi connectivity index (χ1v) is 7.51. The molecule has 3 N–H and O–H groups in total. The fraction of sp³-hybridized carbons (Fsp3) is 0.467. The van der Waals surface area contributed by atoms with E-state index in [4.69, 9.17) is 5.11 Å². The molecule has 1 aromatic carbocycles. The molecule has 1 aromatic rings. The Labute approximate surface area is 128 Å². The van der Waals surface area contributed by atoms with Crippen molar-refractivity contribution in [2.45, 2.75) is 31.3 Å². The molecule has 1 amide bonds. The highest BCUT2D eigenvalue weighted by Crippen LogP contribution is 2.20. The smallest absolute Gasteiger partial charge is 0.249 e. The second-order valence-corrected chi connectivity index (χ2v) is 6.51. The molecule has 116 valence electrons. The maximum Gasteiger partial charge on any atom is 0.249 e. The summed E-state index contributed by atoms with van der Waals surface area (Å²) in [5.74, 6) is -0.577. The van der Waals surface area contributed by atoms with Crippen LogP contribution in [0.1, 0.15) is 20.3 Å². The van der Waals surface area contributed by atoms with E-state index in [1.807, 2.05) is 30.3 Å². The van der Waals surface area contributed by atoms with Gasteiger partial charge in [-0.3, -0.25) is 9.59 Å². The van der Waals surface area contributed by atoms with E-state index < -0.39 is 17.4 Å². The third-order valence-corrected chi connectivity index (χ3v) is 3.94. The molecule has 0 aromatic heterocycles. The predicted octanol–water partition coefficient (Wildman–Crippen LogP) is 1.19. The first-order chi connectivity index (χ1) is 9.86. The van der Waals surface area contributed by atoms with Crippen LogP contribution in [0.25, 0.3) is 0 Å². The summed E-state index contributed by atoms with van der Waals surface area (Å²) < 4.78 is 0. The standard InChI is InChI=1S/C15H21NO4S/c1-15(2,10-17)13(19)14(20)16-9-8-12(18)21-11-6-4-3-5-7-11/h3-7,13,17,19H,8-10H2,1-2H3,(H,16,20)/t13-/m0/s1. The fourth-order valence-corrected chi connectivity index (χ4v) is 2.26. The summed E-state index contributed by atoms with van der Waals surface area (Å²) in [6.07, 6.45) is -1.13. The van der Waals surface area contributed by atoms with Crippen LogP contribution < -0.4 is 5.32 Å². The maximum absolute atomic E-state index is 11.7. The predicted molar refractivity (Wildman–Crippen MR) is 81.8 cm³/mol. The van der Waals surface area contributed by atoms with E-state index >= 15 is 0 Å². The van der Waals surface area contributed by atoms with E-state index in [0.29, 0.717) is 0 Å². The molecule has 0 saturated heterocycles. The van der Waals surface area contributed by atoms with Crippen LogP contribution in [0.4, 0.5) is 0 Å². The van der Waals surface area contributed by atoms with E-state index in [0.717, 1.165) is 16.7 Å². The molecule has 0 spiro atoms. The molecule has 0 fully saturated rings. The molecule has 0 aliphatic rings. The van der Waals surface area contributed by atoms with Crippen LogP contribution in [0, 0.1) is 5.41 Å². The highest BCUT2D eigenvalue weighted by molar-refractivity contribution is 8.13. The van der Waals surface area contributed by atoms with Crippen molar-refractivity contribution in [2.24, 2.45) is 5.41 Å². The van der Waals surface area contributed by atoms with Crippen LogP contribution >= 0.6 is 11.8 Å². The molecule has 0 aliphatic carbocycles. The van der Waals surface area contributed by atoms with Crippen molar-refractivity contribution >= 4 is 22.8 Å². The number of aliphatic hydroxyl groups excluding tert-OH is 2. The van der Waals surface area contributed by atoms with E-state index in [9.17, 15) is 14.7 Å². The van der Waals surface area contributed by atoms with Crippen molar-refractivity contribution in [3.63, 3.8) is 0 Å². The van der Waals surface area contributed by atoms with Crippen LogP contribution in [0.2, 0.25) is 0 Å². The van der Waals surface area contributed by atoms with Crippen molar-refractivity contribution < 1.29 is 19.8 Å². The molecule has 0 bridgehead atoms. The molecular formula is C15H21NO4S. The summed E-state index contributed by atoms with van der Waals surface area (Å²) in [5, 5.41) is 21.3. The lowest BCUT2D eigenvalue weighted by Crippen LogP contribution is -2.45. The van der Waals surface area contributed by atoms with Gasteiger partial charge in [-0.25, -0.2) is 0 Å². The van der Waals surface area contributed by atoms with Crippen LogP contribution in [0.5, 0.6) is 0 Å². The molecule has 0 heterocycles. The van der Waals surface area contributed by atoms with E-state index in [2.05, 4.69) is 5.32 Å². The SMILES string of the molecule is CC(C)(CO)[C@@H](O)C(=O)NCCC(=O)Sc1ccccc1. The van der Waals surface area contributed by atoms with Gasteiger partial charge >= 0.3 is 0 Å². The van der Waals surface area contributed by atoms with Crippen LogP contribution in [-0.2, 0) is 9.59 Å². The van der Waals surface area contributed by atoms with Crippen molar-refractivity contribution in [2.75, 3.05) is 13.2 Å². The number of carbonyl (C=O) groups excluding carboxylic acids is 2. The quantitative estimate of drug-likeness (QED) is 0.659. The Bertz CT molecular complexity index is 476. The Kier molecular flexibility index (Phi) is 6.87. The van der Waals surface area contributed by atoms with Gasteiger partial charge < -0.3 is 15.5 Å². The minimum atomic E-state index is -1.31. The Morgan fingerprint density at radius 1 is 1.29 bits per heavy atom. The Balaban J connectivity index is 2.33. The van der Waals surface area contributed by atoms with Crippen molar-refractivity contribution in [1.29, 1.82) is 0 Å². The van der Waals surface area contributed by atoms with Gasteiger partial charge in [0, 0.05) is 23.3 Å². The largest absolute Gasteiger partial charge is 0.396 e. The summed E-state index contributed by atoms with van der Waals surface area (Å²) in [7, 11) is 0. The summed E-state index contributed by atoms with van der Waals surface area (Å²) in [5.41, 5.74) is -0.910. The zero-order valence-corrected chi connectivity index (χ0v) is 13.0. The number of benzene rings is 1. The van der Waals surface area contributed by atoms with Gasteiger partial charge in [-0.2, -0.15) is 0 Å². The summed E-state index contributed by atoms with van der Waals surface area (Å²) in [6, 6.07) is 9.26. The summed E-state index contributed by atoms with van der Waals surface area (Å²) in [4.78, 5) is 24.3. The van der Waals surface area contributed by atoms with Gasteiger partial charge in [0.1, 0.15) is 6.10 Å². The second kappa shape index (κ2) is 8.17. The van der Waals surface area contributed by atoms with Gasteiger partial charge in [0.05, 0.1) is 6.61 Å². The monoisotopic (exact) mass is 311 g/mol. The molecular weight excluding hydrogens is 290 g/mol. The Hall–Kier alpha value is -1.37. The lowest BCUT2D eigenvalue weighted by atomic mass is 9.87. The number of hydrogen-bond acceptors (Lipinski definition) is 5. The third-order valence-electron chi connectivity index (χ3n) is 3.00. The molecule has 21 heavy (non-hydrogen) atoms. The van der Waals surface area contributed by atoms with Gasteiger partial charge in [0.25, 0.3) is 0 Å². The second-order valence-electron chi connectivity index (χ2n) is 5.38. The van der Waals surface area contributed by atoms with Crippen LogP contribution in [0.3, 0.4) is 0 Å². The number of rotatable bonds is 7. The van der Waals surface area contributed by atoms with Crippen molar-refractivity contribution in [3.8, 4) is 0 Å². The van der Waals surface area contributed by atoms with E-state index in [1.54, 1.807) is 13.8 Å². The van der Waals surface area contributed by atoms with Gasteiger partial charge in [-0.05, 0) is 12.1 Å². The summed E-state index contributed by atoms with van der Waals surface area (Å²) in [6.45, 7) is 3.04. The average molecular weight is 311 g/mol. The third kappa shape index (κ3) is 5.87.